The summed E-state index contributed by atoms with van der Waals surface area (Å²) < 4.78 is -0.618. The molecule has 4 rings (SSSR count). The quantitative estimate of drug-likeness (QED) is 0.236. The predicted molar refractivity (Wildman–Crippen MR) is 167 cm³/mol. The first kappa shape index (κ1) is 31.4. The molecule has 8 heteroatoms. The minimum Gasteiger partial charge on any atom is -0.396 e. The summed E-state index contributed by atoms with van der Waals surface area (Å²) in [7, 11) is 0. The molecule has 2 bridgehead atoms. The van der Waals surface area contributed by atoms with E-state index in [-0.39, 0.29) is 29.6 Å². The number of rotatable bonds is 15. The summed E-state index contributed by atoms with van der Waals surface area (Å²) in [6.45, 7) is 15.9. The largest absolute Gasteiger partial charge is 0.396 e. The molecule has 0 aliphatic carbocycles. The summed E-state index contributed by atoms with van der Waals surface area (Å²) in [6, 6.07) is 5.47. The van der Waals surface area contributed by atoms with Gasteiger partial charge in [-0.15, -0.1) is 24.9 Å². The molecule has 5 atom stereocenters. The van der Waals surface area contributed by atoms with E-state index in [1.807, 2.05) is 41.8 Å². The van der Waals surface area contributed by atoms with E-state index in [0.29, 0.717) is 26.2 Å². The lowest BCUT2D eigenvalue weighted by Gasteiger charge is -2.38. The van der Waals surface area contributed by atoms with Crippen LogP contribution in [0.4, 0.5) is 5.69 Å². The standard InChI is InChI=1S/C33H47N3O4S/c1-6-17-34(18-7-2)30(38)27-26-15-16-33(41-26)28(27)31(39)36(20-11-9-10-12-21-37)29(33)32(40)35(19-8-3)25-22-23(4)13-14-24(25)5/h6,8,13-14,22,26-29,37H,1,3,7,9-12,15-21H2,2,4-5H3/t26-,27+,28+,29?,33?/m1/s1. The van der Waals surface area contributed by atoms with Crippen LogP contribution in [0.3, 0.4) is 0 Å². The number of benzene rings is 1. The van der Waals surface area contributed by atoms with Crippen molar-refractivity contribution in [3.05, 3.63) is 54.6 Å². The number of fused-ring (bicyclic) bond motifs is 1. The number of hydrogen-bond donors (Lipinski definition) is 1. The number of carbonyl (C=O) groups excluding carboxylic acids is 3. The summed E-state index contributed by atoms with van der Waals surface area (Å²) in [5.74, 6) is -1.03. The van der Waals surface area contributed by atoms with Gasteiger partial charge in [0, 0.05) is 43.7 Å². The third-order valence-corrected chi connectivity index (χ3v) is 11.0. The van der Waals surface area contributed by atoms with Crippen LogP contribution in [-0.2, 0) is 14.4 Å². The summed E-state index contributed by atoms with van der Waals surface area (Å²) in [5.41, 5.74) is 2.90. The summed E-state index contributed by atoms with van der Waals surface area (Å²) >= 11 is 1.73. The Hall–Kier alpha value is -2.58. The Kier molecular flexibility index (Phi) is 10.4. The molecule has 3 aliphatic heterocycles. The highest BCUT2D eigenvalue weighted by atomic mass is 32.2. The fourth-order valence-corrected chi connectivity index (χ4v) is 9.43. The monoisotopic (exact) mass is 581 g/mol. The van der Waals surface area contributed by atoms with E-state index in [2.05, 4.69) is 20.1 Å². The number of amides is 3. The molecule has 0 saturated carbocycles. The van der Waals surface area contributed by atoms with Gasteiger partial charge >= 0.3 is 0 Å². The van der Waals surface area contributed by atoms with Crippen molar-refractivity contribution in [3.63, 3.8) is 0 Å². The van der Waals surface area contributed by atoms with Gasteiger partial charge in [0.1, 0.15) is 6.04 Å². The molecule has 7 nitrogen and oxygen atoms in total. The molecule has 3 amide bonds. The van der Waals surface area contributed by atoms with E-state index in [4.69, 9.17) is 0 Å². The first-order valence-electron chi connectivity index (χ1n) is 15.2. The van der Waals surface area contributed by atoms with Crippen molar-refractivity contribution >= 4 is 35.2 Å². The number of likely N-dealkylation sites (tertiary alicyclic amines) is 1. The summed E-state index contributed by atoms with van der Waals surface area (Å²) in [4.78, 5) is 48.6. The molecule has 0 radical (unpaired) electrons. The topological polar surface area (TPSA) is 81.2 Å². The van der Waals surface area contributed by atoms with E-state index < -0.39 is 22.6 Å². The zero-order chi connectivity index (χ0) is 29.7. The van der Waals surface area contributed by atoms with Gasteiger partial charge in [0.15, 0.2) is 0 Å². The molecule has 41 heavy (non-hydrogen) atoms. The third-order valence-electron chi connectivity index (χ3n) is 9.01. The molecule has 1 spiro atoms. The third kappa shape index (κ3) is 5.87. The maximum atomic E-state index is 14.8. The zero-order valence-corrected chi connectivity index (χ0v) is 25.8. The molecule has 1 aromatic rings. The van der Waals surface area contributed by atoms with Gasteiger partial charge in [-0.2, -0.15) is 0 Å². The summed E-state index contributed by atoms with van der Waals surface area (Å²) in [6.07, 6.45) is 9.15. The maximum absolute atomic E-state index is 14.8. The number of aliphatic hydroxyl groups is 1. The number of hydrogen-bond acceptors (Lipinski definition) is 5. The Bertz CT molecular complexity index is 1160. The van der Waals surface area contributed by atoms with Crippen LogP contribution in [-0.4, -0.2) is 81.5 Å². The van der Waals surface area contributed by atoms with E-state index in [1.165, 1.54) is 0 Å². The number of carbonyl (C=O) groups is 3. The molecule has 3 saturated heterocycles. The van der Waals surface area contributed by atoms with Gasteiger partial charge in [-0.1, -0.05) is 44.1 Å². The van der Waals surface area contributed by atoms with Crippen LogP contribution in [0.15, 0.2) is 43.5 Å². The van der Waals surface area contributed by atoms with Crippen LogP contribution in [0.2, 0.25) is 0 Å². The van der Waals surface area contributed by atoms with Crippen LogP contribution in [0.25, 0.3) is 0 Å². The van der Waals surface area contributed by atoms with Crippen LogP contribution < -0.4 is 4.90 Å². The van der Waals surface area contributed by atoms with Gasteiger partial charge in [0.2, 0.25) is 11.8 Å². The van der Waals surface area contributed by atoms with Crippen molar-refractivity contribution < 1.29 is 19.5 Å². The van der Waals surface area contributed by atoms with Crippen molar-refractivity contribution in [3.8, 4) is 0 Å². The molecular weight excluding hydrogens is 534 g/mol. The van der Waals surface area contributed by atoms with Crippen LogP contribution in [0, 0.1) is 25.7 Å². The predicted octanol–water partition coefficient (Wildman–Crippen LogP) is 4.89. The zero-order valence-electron chi connectivity index (χ0n) is 25.0. The van der Waals surface area contributed by atoms with Crippen molar-refractivity contribution in [1.82, 2.24) is 9.80 Å². The second-order valence-corrected chi connectivity index (χ2v) is 13.4. The fraction of sp³-hybridized carbons (Fsp3) is 0.606. The highest BCUT2D eigenvalue weighted by Crippen LogP contribution is 2.66. The molecule has 2 unspecified atom stereocenters. The SMILES string of the molecule is C=CCN(CCC)C(=O)[C@@H]1[C@H]2C(=O)N(CCCCCCO)C(C(=O)N(CC=C)c3cc(C)ccc3C)C23CC[C@H]1S3. The van der Waals surface area contributed by atoms with Crippen molar-refractivity contribution in [1.29, 1.82) is 0 Å². The Morgan fingerprint density at radius 1 is 1.12 bits per heavy atom. The van der Waals surface area contributed by atoms with E-state index in [0.717, 1.165) is 61.8 Å². The maximum Gasteiger partial charge on any atom is 0.251 e. The van der Waals surface area contributed by atoms with Gasteiger partial charge < -0.3 is 19.8 Å². The Morgan fingerprint density at radius 2 is 1.85 bits per heavy atom. The number of aliphatic hydroxyl groups excluding tert-OH is 1. The lowest BCUT2D eigenvalue weighted by molar-refractivity contribution is -0.143. The molecule has 1 aromatic carbocycles. The van der Waals surface area contributed by atoms with Gasteiger partial charge in [0.25, 0.3) is 5.91 Å². The van der Waals surface area contributed by atoms with E-state index >= 15 is 0 Å². The van der Waals surface area contributed by atoms with Crippen molar-refractivity contribution in [2.45, 2.75) is 81.8 Å². The number of nitrogens with zero attached hydrogens (tertiary/aromatic N) is 3. The average molecular weight is 582 g/mol. The lowest BCUT2D eigenvalue weighted by Crippen LogP contribution is -2.55. The highest BCUT2D eigenvalue weighted by Gasteiger charge is 2.74. The van der Waals surface area contributed by atoms with Gasteiger partial charge in [0.05, 0.1) is 16.6 Å². The molecule has 1 N–H and O–H groups in total. The number of thioether (sulfide) groups is 1. The molecular formula is C33H47N3O4S. The Balaban J connectivity index is 1.74. The molecule has 0 aromatic heterocycles. The first-order chi connectivity index (χ1) is 19.7. The van der Waals surface area contributed by atoms with E-state index in [1.54, 1.807) is 28.8 Å². The smallest absolute Gasteiger partial charge is 0.251 e. The number of anilines is 1. The minimum atomic E-state index is -0.635. The van der Waals surface area contributed by atoms with Crippen molar-refractivity contribution in [2.24, 2.45) is 11.8 Å². The van der Waals surface area contributed by atoms with Crippen LogP contribution >= 0.6 is 11.8 Å². The molecule has 3 heterocycles. The Labute approximate surface area is 250 Å². The molecule has 224 valence electrons. The van der Waals surface area contributed by atoms with Crippen LogP contribution in [0.1, 0.15) is 63.0 Å². The number of unbranched alkanes of at least 4 members (excludes halogenated alkanes) is 3. The molecule has 3 aliphatic rings. The normalized spacial score (nSPS) is 26.2. The summed E-state index contributed by atoms with van der Waals surface area (Å²) in [5, 5.41) is 9.25. The molecule has 3 fully saturated rings. The second kappa shape index (κ2) is 13.6. The van der Waals surface area contributed by atoms with Crippen LogP contribution in [0.5, 0.6) is 0 Å². The minimum absolute atomic E-state index is 0.0256. The lowest BCUT2D eigenvalue weighted by atomic mass is 9.70. The van der Waals surface area contributed by atoms with Gasteiger partial charge in [-0.05, 0) is 63.1 Å². The fourth-order valence-electron chi connectivity index (χ4n) is 7.22. The number of aryl methyl sites for hydroxylation is 2. The van der Waals surface area contributed by atoms with Gasteiger partial charge in [-0.25, -0.2) is 0 Å². The van der Waals surface area contributed by atoms with Gasteiger partial charge in [-0.3, -0.25) is 14.4 Å². The van der Waals surface area contributed by atoms with E-state index in [9.17, 15) is 19.5 Å². The first-order valence-corrected chi connectivity index (χ1v) is 16.1. The average Bonchev–Trinajstić information content (AvgIpc) is 3.59. The van der Waals surface area contributed by atoms with Crippen molar-refractivity contribution in [2.75, 3.05) is 37.7 Å². The Morgan fingerprint density at radius 3 is 2.54 bits per heavy atom. The highest BCUT2D eigenvalue weighted by molar-refractivity contribution is 8.02. The second-order valence-electron chi connectivity index (χ2n) is 11.8.